The number of methoxy groups -OCH3 is 3. The molecule has 0 saturated carbocycles. The lowest BCUT2D eigenvalue weighted by molar-refractivity contribution is -0.142. The van der Waals surface area contributed by atoms with Gasteiger partial charge in [-0.15, -0.1) is 0 Å². The number of halogens is 2. The molecule has 0 saturated heterocycles. The first kappa shape index (κ1) is 22.7. The molecule has 0 atom stereocenters. The van der Waals surface area contributed by atoms with Crippen LogP contribution in [0.5, 0.6) is 17.2 Å². The summed E-state index contributed by atoms with van der Waals surface area (Å²) in [4.78, 5) is 23.6. The number of hydrazone groups is 1. The molecule has 0 heterocycles. The Bertz CT molecular complexity index is 933. The highest BCUT2D eigenvalue weighted by Gasteiger charge is 2.14. The number of hydrogen-bond donors (Lipinski definition) is 1. The van der Waals surface area contributed by atoms with E-state index in [0.29, 0.717) is 32.8 Å². The first-order valence-electron chi connectivity index (χ1n) is 8.13. The lowest BCUT2D eigenvalue weighted by atomic mass is 10.2. The van der Waals surface area contributed by atoms with Crippen molar-refractivity contribution in [1.82, 2.24) is 5.43 Å². The molecule has 1 N–H and O–H groups in total. The molecule has 0 bridgehead atoms. The third kappa shape index (κ3) is 6.20. The van der Waals surface area contributed by atoms with E-state index in [0.717, 1.165) is 4.47 Å². The normalized spacial score (nSPS) is 10.5. The van der Waals surface area contributed by atoms with Gasteiger partial charge in [0.05, 0.1) is 37.6 Å². The Morgan fingerprint density at radius 2 is 1.79 bits per heavy atom. The van der Waals surface area contributed by atoms with Crippen LogP contribution in [0.15, 0.2) is 44.4 Å². The average molecular weight is 530 g/mol. The lowest BCUT2D eigenvalue weighted by Crippen LogP contribution is -2.18. The second kappa shape index (κ2) is 10.8. The van der Waals surface area contributed by atoms with Crippen LogP contribution in [0.1, 0.15) is 15.9 Å². The number of benzene rings is 2. The Hall–Kier alpha value is -2.59. The van der Waals surface area contributed by atoms with Crippen molar-refractivity contribution < 1.29 is 28.5 Å². The summed E-state index contributed by atoms with van der Waals surface area (Å²) in [5, 5.41) is 3.97. The Balaban J connectivity index is 2.14. The smallest absolute Gasteiger partial charge is 0.343 e. The number of amides is 1. The maximum atomic E-state index is 12.4. The molecule has 0 unspecified atom stereocenters. The highest BCUT2D eigenvalue weighted by molar-refractivity contribution is 9.10. The molecule has 1 amide bonds. The van der Waals surface area contributed by atoms with E-state index in [-0.39, 0.29) is 6.61 Å². The van der Waals surface area contributed by atoms with E-state index in [1.54, 1.807) is 30.3 Å². The van der Waals surface area contributed by atoms with Gasteiger partial charge in [0.15, 0.2) is 18.1 Å². The van der Waals surface area contributed by atoms with E-state index in [2.05, 4.69) is 47.1 Å². The monoisotopic (exact) mass is 528 g/mol. The summed E-state index contributed by atoms with van der Waals surface area (Å²) in [5.41, 5.74) is 3.41. The fourth-order valence-electron chi connectivity index (χ4n) is 2.23. The molecule has 0 aliphatic rings. The maximum Gasteiger partial charge on any atom is 0.343 e. The molecule has 2 aromatic carbocycles. The highest BCUT2D eigenvalue weighted by Crippen LogP contribution is 2.36. The van der Waals surface area contributed by atoms with Gasteiger partial charge in [-0.25, -0.2) is 10.2 Å². The Morgan fingerprint density at radius 3 is 2.45 bits per heavy atom. The second-order valence-electron chi connectivity index (χ2n) is 5.44. The van der Waals surface area contributed by atoms with Gasteiger partial charge < -0.3 is 18.9 Å². The van der Waals surface area contributed by atoms with Gasteiger partial charge in [-0.3, -0.25) is 4.79 Å². The van der Waals surface area contributed by atoms with Crippen molar-refractivity contribution in [3.8, 4) is 17.2 Å². The van der Waals surface area contributed by atoms with Gasteiger partial charge in [0.25, 0.3) is 5.91 Å². The molecule has 0 radical (unpaired) electrons. The molecule has 154 valence electrons. The van der Waals surface area contributed by atoms with Crippen molar-refractivity contribution in [1.29, 1.82) is 0 Å². The third-order valence-corrected chi connectivity index (χ3v) is 4.68. The van der Waals surface area contributed by atoms with Crippen LogP contribution in [0.25, 0.3) is 0 Å². The summed E-state index contributed by atoms with van der Waals surface area (Å²) in [6.45, 7) is -0.260. The molecule has 2 rings (SSSR count). The van der Waals surface area contributed by atoms with E-state index in [9.17, 15) is 9.59 Å². The van der Waals surface area contributed by atoms with Crippen molar-refractivity contribution in [3.05, 3.63) is 50.4 Å². The number of carbonyl (C=O) groups excluding carboxylic acids is 2. The number of esters is 1. The highest BCUT2D eigenvalue weighted by atomic mass is 79.9. The quantitative estimate of drug-likeness (QED) is 0.319. The van der Waals surface area contributed by atoms with Crippen LogP contribution in [0.2, 0.25) is 0 Å². The number of ether oxygens (including phenoxy) is 4. The average Bonchev–Trinajstić information content (AvgIpc) is 2.72. The fourth-order valence-corrected chi connectivity index (χ4v) is 3.16. The zero-order valence-electron chi connectivity index (χ0n) is 15.8. The van der Waals surface area contributed by atoms with E-state index < -0.39 is 11.9 Å². The van der Waals surface area contributed by atoms with Crippen LogP contribution in [-0.4, -0.2) is 46.0 Å². The van der Waals surface area contributed by atoms with Crippen molar-refractivity contribution in [2.24, 2.45) is 5.10 Å². The largest absolute Gasteiger partial charge is 0.496 e. The third-order valence-electron chi connectivity index (χ3n) is 3.60. The van der Waals surface area contributed by atoms with E-state index in [4.69, 9.17) is 14.2 Å². The van der Waals surface area contributed by atoms with E-state index in [1.807, 2.05) is 0 Å². The van der Waals surface area contributed by atoms with Crippen molar-refractivity contribution in [2.45, 2.75) is 0 Å². The first-order valence-corrected chi connectivity index (χ1v) is 9.72. The molecule has 0 fully saturated rings. The molecule has 0 aliphatic carbocycles. The van der Waals surface area contributed by atoms with Crippen LogP contribution in [0, 0.1) is 0 Å². The summed E-state index contributed by atoms with van der Waals surface area (Å²) in [6, 6.07) is 8.43. The topological polar surface area (TPSA) is 95.5 Å². The minimum absolute atomic E-state index is 0.260. The van der Waals surface area contributed by atoms with Gasteiger partial charge in [-0.05, 0) is 51.8 Å². The molecule has 0 aromatic heterocycles. The van der Waals surface area contributed by atoms with Gasteiger partial charge in [-0.2, -0.15) is 5.10 Å². The summed E-state index contributed by atoms with van der Waals surface area (Å²) in [6.07, 6.45) is 1.44. The van der Waals surface area contributed by atoms with Gasteiger partial charge in [0, 0.05) is 4.47 Å². The molecule has 0 spiro atoms. The van der Waals surface area contributed by atoms with E-state index >= 15 is 0 Å². The number of nitrogens with one attached hydrogen (secondary N) is 1. The molecule has 0 aliphatic heterocycles. The Kier molecular flexibility index (Phi) is 8.47. The summed E-state index contributed by atoms with van der Waals surface area (Å²) in [5.74, 6) is 0.207. The predicted molar refractivity (Wildman–Crippen MR) is 114 cm³/mol. The SMILES string of the molecule is COC(=O)COc1c(Br)cc(/C=N\NC(=O)c2cc(Br)ccc2OC)cc1OC. The molecule has 2 aromatic rings. The fraction of sp³-hybridized carbons (Fsp3) is 0.211. The number of rotatable bonds is 8. The minimum atomic E-state index is -0.518. The van der Waals surface area contributed by atoms with Gasteiger partial charge >= 0.3 is 5.97 Å². The van der Waals surface area contributed by atoms with Crippen molar-refractivity contribution in [3.63, 3.8) is 0 Å². The van der Waals surface area contributed by atoms with Gasteiger partial charge in [0.1, 0.15) is 5.75 Å². The Morgan fingerprint density at radius 1 is 1.07 bits per heavy atom. The molecule has 8 nitrogen and oxygen atoms in total. The van der Waals surface area contributed by atoms with Crippen LogP contribution < -0.4 is 19.6 Å². The van der Waals surface area contributed by atoms with E-state index in [1.165, 1.54) is 27.5 Å². The number of carbonyl (C=O) groups is 2. The lowest BCUT2D eigenvalue weighted by Gasteiger charge is -2.12. The summed E-state index contributed by atoms with van der Waals surface area (Å²) in [7, 11) is 4.22. The number of hydrogen-bond acceptors (Lipinski definition) is 7. The number of nitrogens with zero attached hydrogens (tertiary/aromatic N) is 1. The Labute approximate surface area is 184 Å². The summed E-state index contributed by atoms with van der Waals surface area (Å²) < 4.78 is 21.7. The molecular formula is C19H18Br2N2O6. The second-order valence-corrected chi connectivity index (χ2v) is 7.21. The van der Waals surface area contributed by atoms with Crippen LogP contribution in [-0.2, 0) is 9.53 Å². The zero-order valence-corrected chi connectivity index (χ0v) is 19.0. The molecule has 10 heteroatoms. The summed E-state index contributed by atoms with van der Waals surface area (Å²) >= 11 is 6.69. The minimum Gasteiger partial charge on any atom is -0.496 e. The predicted octanol–water partition coefficient (Wildman–Crippen LogP) is 3.54. The van der Waals surface area contributed by atoms with Crippen molar-refractivity contribution in [2.75, 3.05) is 27.9 Å². The van der Waals surface area contributed by atoms with Gasteiger partial charge in [0.2, 0.25) is 0 Å². The molecular weight excluding hydrogens is 512 g/mol. The first-order chi connectivity index (χ1) is 13.9. The van der Waals surface area contributed by atoms with Crippen molar-refractivity contribution >= 4 is 50.0 Å². The maximum absolute atomic E-state index is 12.4. The standard InChI is InChI=1S/C19H18Br2N2O6/c1-26-15-5-4-12(20)8-13(15)19(25)23-22-9-11-6-14(21)18(16(7-11)27-2)29-10-17(24)28-3/h4-9H,10H2,1-3H3,(H,23,25)/b22-9-. The van der Waals surface area contributed by atoms with Crippen LogP contribution in [0.4, 0.5) is 0 Å². The van der Waals surface area contributed by atoms with Gasteiger partial charge in [-0.1, -0.05) is 15.9 Å². The van der Waals surface area contributed by atoms with Crippen LogP contribution in [0.3, 0.4) is 0 Å². The molecule has 29 heavy (non-hydrogen) atoms. The zero-order chi connectivity index (χ0) is 21.4. The van der Waals surface area contributed by atoms with Crippen LogP contribution >= 0.6 is 31.9 Å².